The minimum atomic E-state index is -0.848. The molecule has 1 N–H and O–H groups in total. The van der Waals surface area contributed by atoms with Gasteiger partial charge in [-0.2, -0.15) is 0 Å². The van der Waals surface area contributed by atoms with Gasteiger partial charge in [0.25, 0.3) is 0 Å². The van der Waals surface area contributed by atoms with E-state index >= 15 is 0 Å². The molecule has 0 aliphatic carbocycles. The molecule has 0 saturated carbocycles. The Bertz CT molecular complexity index is 537. The number of rotatable bonds is 2. The fourth-order valence-electron chi connectivity index (χ4n) is 2.63. The average Bonchev–Trinajstić information content (AvgIpc) is 2.46. The largest absolute Gasteiger partial charge is 0.465 e. The molecule has 2 rings (SSSR count). The first-order valence-corrected chi connectivity index (χ1v) is 7.57. The highest BCUT2D eigenvalue weighted by atomic mass is 16.6. The van der Waals surface area contributed by atoms with E-state index in [2.05, 4.69) is 0 Å². The molecule has 0 bridgehead atoms. The minimum Gasteiger partial charge on any atom is -0.465 e. The van der Waals surface area contributed by atoms with Crippen LogP contribution >= 0.6 is 0 Å². The zero-order chi connectivity index (χ0) is 16.3. The lowest BCUT2D eigenvalue weighted by Crippen LogP contribution is -2.36. The van der Waals surface area contributed by atoms with Gasteiger partial charge in [-0.15, -0.1) is 0 Å². The van der Waals surface area contributed by atoms with Gasteiger partial charge in [0, 0.05) is 13.1 Å². The van der Waals surface area contributed by atoms with Gasteiger partial charge in [-0.1, -0.05) is 12.1 Å². The first kappa shape index (κ1) is 16.3. The molecule has 5 nitrogen and oxygen atoms in total. The molecule has 1 saturated heterocycles. The van der Waals surface area contributed by atoms with E-state index in [9.17, 15) is 9.59 Å². The zero-order valence-corrected chi connectivity index (χ0v) is 13.3. The predicted octanol–water partition coefficient (Wildman–Crippen LogP) is 3.50. The lowest BCUT2D eigenvalue weighted by Gasteiger charge is -2.30. The Morgan fingerprint density at radius 3 is 2.14 bits per heavy atom. The lowest BCUT2D eigenvalue weighted by molar-refractivity contribution is 0.00694. The average molecular weight is 305 g/mol. The van der Waals surface area contributed by atoms with E-state index in [1.54, 1.807) is 12.1 Å². The van der Waals surface area contributed by atoms with E-state index in [-0.39, 0.29) is 5.97 Å². The maximum atomic E-state index is 12.0. The van der Waals surface area contributed by atoms with Crippen molar-refractivity contribution >= 4 is 12.1 Å². The van der Waals surface area contributed by atoms with Crippen LogP contribution in [-0.2, 0) is 4.74 Å². The number of hydrogen-bond donors (Lipinski definition) is 1. The number of carboxylic acid groups (broad SMARTS) is 1. The minimum absolute atomic E-state index is 0.320. The van der Waals surface area contributed by atoms with Gasteiger partial charge in [0.05, 0.1) is 5.56 Å². The highest BCUT2D eigenvalue weighted by molar-refractivity contribution is 5.89. The molecule has 1 aromatic carbocycles. The van der Waals surface area contributed by atoms with Crippen LogP contribution in [0.2, 0.25) is 0 Å². The van der Waals surface area contributed by atoms with Gasteiger partial charge in [-0.3, -0.25) is 0 Å². The van der Waals surface area contributed by atoms with Crippen molar-refractivity contribution in [2.75, 3.05) is 13.1 Å². The third-order valence-electron chi connectivity index (χ3n) is 3.78. The van der Waals surface area contributed by atoms with E-state index in [1.165, 1.54) is 4.90 Å². The zero-order valence-electron chi connectivity index (χ0n) is 13.3. The molecule has 1 aliphatic heterocycles. The second kappa shape index (κ2) is 6.38. The van der Waals surface area contributed by atoms with Crippen molar-refractivity contribution in [1.82, 2.24) is 4.90 Å². The second-order valence-corrected chi connectivity index (χ2v) is 6.67. The van der Waals surface area contributed by atoms with Crippen LogP contribution in [0.4, 0.5) is 4.79 Å². The van der Waals surface area contributed by atoms with Crippen LogP contribution in [0.1, 0.15) is 55.5 Å². The highest BCUT2D eigenvalue weighted by Crippen LogP contribution is 2.28. The van der Waals surface area contributed by atoms with Crippen LogP contribution in [0, 0.1) is 0 Å². The molecule has 1 amide bonds. The summed E-state index contributed by atoms with van der Waals surface area (Å²) in [6, 6.07) is 7.46. The van der Waals surface area contributed by atoms with Crippen LogP contribution in [0.5, 0.6) is 0 Å². The second-order valence-electron chi connectivity index (χ2n) is 6.67. The number of amides is 1. The number of benzene rings is 1. The Labute approximate surface area is 130 Å². The van der Waals surface area contributed by atoms with Gasteiger partial charge < -0.3 is 14.7 Å². The third-order valence-corrected chi connectivity index (χ3v) is 3.78. The molecule has 0 unspecified atom stereocenters. The molecule has 1 aliphatic rings. The lowest BCUT2D eigenvalue weighted by atomic mass is 9.89. The van der Waals surface area contributed by atoms with E-state index in [4.69, 9.17) is 9.84 Å². The van der Waals surface area contributed by atoms with Gasteiger partial charge in [0.2, 0.25) is 0 Å². The molecule has 120 valence electrons. The summed E-state index contributed by atoms with van der Waals surface area (Å²) >= 11 is 0. The normalized spacial score (nSPS) is 16.4. The van der Waals surface area contributed by atoms with E-state index in [0.717, 1.165) is 18.4 Å². The highest BCUT2D eigenvalue weighted by Gasteiger charge is 2.24. The molecule has 0 radical (unpaired) electrons. The van der Waals surface area contributed by atoms with Gasteiger partial charge in [0.15, 0.2) is 0 Å². The van der Waals surface area contributed by atoms with E-state index in [0.29, 0.717) is 24.6 Å². The summed E-state index contributed by atoms with van der Waals surface area (Å²) in [6.07, 6.45) is 0.787. The van der Waals surface area contributed by atoms with Gasteiger partial charge in [-0.25, -0.2) is 9.59 Å². The van der Waals surface area contributed by atoms with Gasteiger partial charge in [-0.05, 0) is 57.2 Å². The van der Waals surface area contributed by atoms with Crippen LogP contribution in [-0.4, -0.2) is 40.8 Å². The number of piperidine rings is 1. The van der Waals surface area contributed by atoms with Crippen molar-refractivity contribution in [2.24, 2.45) is 0 Å². The number of carbonyl (C=O) groups excluding carboxylic acids is 1. The Hall–Kier alpha value is -2.04. The molecule has 1 aromatic rings. The molecule has 22 heavy (non-hydrogen) atoms. The summed E-state index contributed by atoms with van der Waals surface area (Å²) in [7, 11) is 0. The summed E-state index contributed by atoms with van der Waals surface area (Å²) in [5.41, 5.74) is 1.19. The fraction of sp³-hybridized carbons (Fsp3) is 0.529. The number of carbonyl (C=O) groups is 2. The van der Waals surface area contributed by atoms with Crippen molar-refractivity contribution < 1.29 is 19.4 Å². The van der Waals surface area contributed by atoms with Crippen LogP contribution in [0.3, 0.4) is 0 Å². The quantitative estimate of drug-likeness (QED) is 0.849. The maximum Gasteiger partial charge on any atom is 0.407 e. The SMILES string of the molecule is CC(C)(C)OC(=O)c1ccc(C2CCN(C(=O)O)CC2)cc1. The molecule has 1 fully saturated rings. The molecular weight excluding hydrogens is 282 g/mol. The molecule has 0 aromatic heterocycles. The topological polar surface area (TPSA) is 66.8 Å². The number of hydrogen-bond acceptors (Lipinski definition) is 3. The fourth-order valence-corrected chi connectivity index (χ4v) is 2.63. The van der Waals surface area contributed by atoms with Crippen LogP contribution < -0.4 is 0 Å². The van der Waals surface area contributed by atoms with Crippen molar-refractivity contribution in [3.63, 3.8) is 0 Å². The van der Waals surface area contributed by atoms with E-state index in [1.807, 2.05) is 32.9 Å². The first-order chi connectivity index (χ1) is 10.3. The van der Waals surface area contributed by atoms with E-state index < -0.39 is 11.7 Å². The summed E-state index contributed by atoms with van der Waals surface area (Å²) in [5.74, 6) is 0.0306. The summed E-state index contributed by atoms with van der Waals surface area (Å²) in [6.45, 7) is 6.65. The van der Waals surface area contributed by atoms with Crippen LogP contribution in [0.15, 0.2) is 24.3 Å². The van der Waals surface area contributed by atoms with Crippen molar-refractivity contribution in [3.05, 3.63) is 35.4 Å². The van der Waals surface area contributed by atoms with Crippen molar-refractivity contribution in [3.8, 4) is 0 Å². The predicted molar refractivity (Wildman–Crippen MR) is 83.2 cm³/mol. The molecule has 5 heteroatoms. The van der Waals surface area contributed by atoms with Crippen molar-refractivity contribution in [2.45, 2.75) is 45.1 Å². The Morgan fingerprint density at radius 1 is 1.14 bits per heavy atom. The number of esters is 1. The van der Waals surface area contributed by atoms with Crippen LogP contribution in [0.25, 0.3) is 0 Å². The smallest absolute Gasteiger partial charge is 0.407 e. The number of likely N-dealkylation sites (tertiary alicyclic amines) is 1. The Kier molecular flexibility index (Phi) is 4.74. The summed E-state index contributed by atoms with van der Waals surface area (Å²) in [5, 5.41) is 8.96. The standard InChI is InChI=1S/C17H23NO4/c1-17(2,3)22-15(19)14-6-4-12(5-7-14)13-8-10-18(11-9-13)16(20)21/h4-7,13H,8-11H2,1-3H3,(H,20,21). The van der Waals surface area contributed by atoms with Gasteiger partial charge >= 0.3 is 12.1 Å². The monoisotopic (exact) mass is 305 g/mol. The molecule has 0 atom stereocenters. The maximum absolute atomic E-state index is 12.0. The Morgan fingerprint density at radius 2 is 1.68 bits per heavy atom. The third kappa shape index (κ3) is 4.23. The van der Waals surface area contributed by atoms with Crippen molar-refractivity contribution in [1.29, 1.82) is 0 Å². The number of ether oxygens (including phenoxy) is 1. The summed E-state index contributed by atoms with van der Waals surface area (Å²) < 4.78 is 5.34. The first-order valence-electron chi connectivity index (χ1n) is 7.57. The van der Waals surface area contributed by atoms with Gasteiger partial charge in [0.1, 0.15) is 5.60 Å². The Balaban J connectivity index is 1.98. The summed E-state index contributed by atoms with van der Waals surface area (Å²) in [4.78, 5) is 24.3. The molecular formula is C17H23NO4. The molecule has 1 heterocycles. The molecule has 0 spiro atoms. The number of nitrogens with zero attached hydrogens (tertiary/aromatic N) is 1.